The normalized spacial score (nSPS) is 13.4. The lowest BCUT2D eigenvalue weighted by molar-refractivity contribution is 1.22. The van der Waals surface area contributed by atoms with Crippen LogP contribution in [0.25, 0.3) is 0 Å². The highest BCUT2D eigenvalue weighted by atomic mass is 79.9. The molecule has 0 saturated carbocycles. The number of benzene rings is 1. The summed E-state index contributed by atoms with van der Waals surface area (Å²) in [5.41, 5.74) is 4.34. The number of aromatic nitrogens is 1. The largest absolute Gasteiger partial charge is 0.251 e. The molecule has 0 aliphatic carbocycles. The average molecular weight is 273 g/mol. The van der Waals surface area contributed by atoms with Gasteiger partial charge in [0, 0.05) is 6.42 Å². The maximum Gasteiger partial charge on any atom is 0.106 e. The zero-order valence-electron chi connectivity index (χ0n) is 8.52. The fraction of sp³-hybridized carbons (Fsp3) is 0.0769. The minimum atomic E-state index is 0.851. The van der Waals surface area contributed by atoms with Crippen LogP contribution in [0.2, 0.25) is 0 Å². The van der Waals surface area contributed by atoms with E-state index < -0.39 is 0 Å². The number of aliphatic imine (C=N–C) groups is 1. The number of rotatable bonds is 1. The summed E-state index contributed by atoms with van der Waals surface area (Å²) in [7, 11) is 0. The lowest BCUT2D eigenvalue weighted by Gasteiger charge is -1.99. The third kappa shape index (κ3) is 1.67. The molecule has 3 rings (SSSR count). The second kappa shape index (κ2) is 3.83. The smallest absolute Gasteiger partial charge is 0.106 e. The molecule has 0 spiro atoms. The molecule has 0 unspecified atom stereocenters. The Bertz CT molecular complexity index is 576. The summed E-state index contributed by atoms with van der Waals surface area (Å²) in [4.78, 5) is 9.02. The van der Waals surface area contributed by atoms with Gasteiger partial charge in [-0.2, -0.15) is 0 Å². The average Bonchev–Trinajstić information content (AvgIpc) is 2.72. The van der Waals surface area contributed by atoms with E-state index in [0.29, 0.717) is 0 Å². The Morgan fingerprint density at radius 2 is 1.88 bits per heavy atom. The number of hydrogen-bond donors (Lipinski definition) is 0. The molecule has 1 aromatic carbocycles. The number of pyridine rings is 1. The molecule has 0 bridgehead atoms. The van der Waals surface area contributed by atoms with Crippen LogP contribution in [0.3, 0.4) is 0 Å². The van der Waals surface area contributed by atoms with Crippen LogP contribution in [0.4, 0.5) is 5.69 Å². The van der Waals surface area contributed by atoms with Gasteiger partial charge in [0.2, 0.25) is 0 Å². The molecular weight excluding hydrogens is 264 g/mol. The molecule has 0 saturated heterocycles. The second-order valence-electron chi connectivity index (χ2n) is 3.71. The van der Waals surface area contributed by atoms with Crippen LogP contribution in [0.5, 0.6) is 0 Å². The van der Waals surface area contributed by atoms with E-state index in [4.69, 9.17) is 0 Å². The third-order valence-electron chi connectivity index (χ3n) is 2.62. The maximum atomic E-state index is 4.60. The Hall–Kier alpha value is -1.48. The number of para-hydroxylation sites is 1. The molecular formula is C13H9BrN2. The predicted octanol–water partition coefficient (Wildman–Crippen LogP) is 3.52. The van der Waals surface area contributed by atoms with Gasteiger partial charge in [-0.15, -0.1) is 0 Å². The van der Waals surface area contributed by atoms with Gasteiger partial charge < -0.3 is 0 Å². The van der Waals surface area contributed by atoms with Crippen molar-refractivity contribution in [2.45, 2.75) is 6.42 Å². The van der Waals surface area contributed by atoms with Crippen LogP contribution in [-0.2, 0) is 6.42 Å². The SMILES string of the molecule is Brc1cccc(C2=Nc3ccccc3C2)n1. The van der Waals surface area contributed by atoms with Crippen molar-refractivity contribution < 1.29 is 0 Å². The van der Waals surface area contributed by atoms with Gasteiger partial charge in [-0.3, -0.25) is 4.99 Å². The predicted molar refractivity (Wildman–Crippen MR) is 68.3 cm³/mol. The standard InChI is InChI=1S/C13H9BrN2/c14-13-7-3-6-11(16-13)12-8-9-4-1-2-5-10(9)15-12/h1-7H,8H2. The zero-order chi connectivity index (χ0) is 11.0. The van der Waals surface area contributed by atoms with Crippen LogP contribution in [0.15, 0.2) is 52.1 Å². The molecule has 0 amide bonds. The highest BCUT2D eigenvalue weighted by molar-refractivity contribution is 9.10. The van der Waals surface area contributed by atoms with Crippen molar-refractivity contribution in [2.24, 2.45) is 4.99 Å². The summed E-state index contributed by atoms with van der Waals surface area (Å²) in [5, 5.41) is 0. The molecule has 1 aliphatic rings. The van der Waals surface area contributed by atoms with E-state index >= 15 is 0 Å². The minimum Gasteiger partial charge on any atom is -0.251 e. The van der Waals surface area contributed by atoms with Crippen molar-refractivity contribution >= 4 is 27.3 Å². The van der Waals surface area contributed by atoms with Crippen molar-refractivity contribution in [1.82, 2.24) is 4.98 Å². The molecule has 78 valence electrons. The van der Waals surface area contributed by atoms with Crippen LogP contribution in [-0.4, -0.2) is 10.7 Å². The monoisotopic (exact) mass is 272 g/mol. The molecule has 2 heterocycles. The van der Waals surface area contributed by atoms with Gasteiger partial charge in [0.15, 0.2) is 0 Å². The summed E-state index contributed by atoms with van der Waals surface area (Å²) in [5.74, 6) is 0. The van der Waals surface area contributed by atoms with Crippen molar-refractivity contribution in [3.05, 3.63) is 58.3 Å². The van der Waals surface area contributed by atoms with E-state index in [1.165, 1.54) is 5.56 Å². The Balaban J connectivity index is 2.02. The summed E-state index contributed by atoms with van der Waals surface area (Å²) in [6.45, 7) is 0. The number of fused-ring (bicyclic) bond motifs is 1. The van der Waals surface area contributed by atoms with Crippen molar-refractivity contribution in [3.63, 3.8) is 0 Å². The van der Waals surface area contributed by atoms with E-state index in [1.54, 1.807) is 0 Å². The van der Waals surface area contributed by atoms with E-state index in [-0.39, 0.29) is 0 Å². The van der Waals surface area contributed by atoms with Crippen molar-refractivity contribution in [2.75, 3.05) is 0 Å². The first kappa shape index (κ1) is 9.73. The Morgan fingerprint density at radius 3 is 2.69 bits per heavy atom. The van der Waals surface area contributed by atoms with Gasteiger partial charge >= 0.3 is 0 Å². The second-order valence-corrected chi connectivity index (χ2v) is 4.52. The number of nitrogens with zero attached hydrogens (tertiary/aromatic N) is 2. The van der Waals surface area contributed by atoms with Crippen LogP contribution >= 0.6 is 15.9 Å². The summed E-state index contributed by atoms with van der Waals surface area (Å²) in [6, 6.07) is 14.1. The molecule has 1 aromatic heterocycles. The van der Waals surface area contributed by atoms with Crippen LogP contribution in [0, 0.1) is 0 Å². The number of hydrogen-bond acceptors (Lipinski definition) is 2. The zero-order valence-corrected chi connectivity index (χ0v) is 10.1. The summed E-state index contributed by atoms with van der Waals surface area (Å²) in [6.07, 6.45) is 0.875. The maximum absolute atomic E-state index is 4.60. The van der Waals surface area contributed by atoms with Crippen LogP contribution in [0.1, 0.15) is 11.3 Å². The molecule has 0 atom stereocenters. The Kier molecular flexibility index (Phi) is 2.33. The fourth-order valence-corrected chi connectivity index (χ4v) is 2.20. The van der Waals surface area contributed by atoms with Crippen molar-refractivity contribution in [1.29, 1.82) is 0 Å². The first-order valence-corrected chi connectivity index (χ1v) is 5.90. The molecule has 1 aliphatic heterocycles. The van der Waals surface area contributed by atoms with Crippen LogP contribution < -0.4 is 0 Å². The van der Waals surface area contributed by atoms with Gasteiger partial charge in [-0.1, -0.05) is 24.3 Å². The van der Waals surface area contributed by atoms with Gasteiger partial charge in [-0.25, -0.2) is 4.98 Å². The third-order valence-corrected chi connectivity index (χ3v) is 3.06. The molecule has 0 fully saturated rings. The van der Waals surface area contributed by atoms with Gasteiger partial charge in [0.25, 0.3) is 0 Å². The summed E-state index contributed by atoms with van der Waals surface area (Å²) < 4.78 is 0.851. The van der Waals surface area contributed by atoms with E-state index in [2.05, 4.69) is 32.0 Å². The first-order valence-electron chi connectivity index (χ1n) is 5.11. The summed E-state index contributed by atoms with van der Waals surface area (Å²) >= 11 is 3.38. The molecule has 16 heavy (non-hydrogen) atoms. The minimum absolute atomic E-state index is 0.851. The topological polar surface area (TPSA) is 25.2 Å². The van der Waals surface area contributed by atoms with Gasteiger partial charge in [-0.05, 0) is 39.7 Å². The number of halogens is 1. The Morgan fingerprint density at radius 1 is 1.00 bits per heavy atom. The van der Waals surface area contributed by atoms with E-state index in [1.807, 2.05) is 36.4 Å². The molecule has 3 heteroatoms. The molecule has 2 nitrogen and oxygen atoms in total. The van der Waals surface area contributed by atoms with Gasteiger partial charge in [0.1, 0.15) is 4.60 Å². The van der Waals surface area contributed by atoms with Crippen molar-refractivity contribution in [3.8, 4) is 0 Å². The fourth-order valence-electron chi connectivity index (χ4n) is 1.85. The first-order chi connectivity index (χ1) is 7.83. The van der Waals surface area contributed by atoms with E-state index in [9.17, 15) is 0 Å². The van der Waals surface area contributed by atoms with E-state index in [0.717, 1.165) is 28.1 Å². The Labute approximate surface area is 102 Å². The lowest BCUT2D eigenvalue weighted by Crippen LogP contribution is -2.03. The molecule has 2 aromatic rings. The molecule has 0 radical (unpaired) electrons. The highest BCUT2D eigenvalue weighted by Gasteiger charge is 2.16. The highest BCUT2D eigenvalue weighted by Crippen LogP contribution is 2.27. The quantitative estimate of drug-likeness (QED) is 0.730. The lowest BCUT2D eigenvalue weighted by atomic mass is 10.1. The molecule has 0 N–H and O–H groups in total. The van der Waals surface area contributed by atoms with Gasteiger partial charge in [0.05, 0.1) is 17.1 Å².